The third-order valence-electron chi connectivity index (χ3n) is 2.41. The highest BCUT2D eigenvalue weighted by Crippen LogP contribution is 2.20. The SMILES string of the molecule is C[NH+]1CC=C(c2ccsc2)CC1. The van der Waals surface area contributed by atoms with E-state index in [1.807, 2.05) is 0 Å². The molecule has 0 aromatic carbocycles. The molecule has 1 unspecified atom stereocenters. The van der Waals surface area contributed by atoms with Gasteiger partial charge in [-0.2, -0.15) is 11.3 Å². The molecule has 2 heteroatoms. The normalized spacial score (nSPS) is 23.8. The summed E-state index contributed by atoms with van der Waals surface area (Å²) in [6.07, 6.45) is 3.61. The lowest BCUT2D eigenvalue weighted by Gasteiger charge is -2.18. The number of rotatable bonds is 1. The Labute approximate surface area is 77.3 Å². The van der Waals surface area contributed by atoms with Crippen LogP contribution in [0, 0.1) is 0 Å². The Morgan fingerprint density at radius 3 is 3.00 bits per heavy atom. The molecular weight excluding hydrogens is 166 g/mol. The molecule has 1 aromatic heterocycles. The van der Waals surface area contributed by atoms with Gasteiger partial charge in [0.1, 0.15) is 0 Å². The second-order valence-corrected chi connectivity index (χ2v) is 4.18. The first-order valence-corrected chi connectivity index (χ1v) is 5.33. The summed E-state index contributed by atoms with van der Waals surface area (Å²) in [6.45, 7) is 2.47. The number of nitrogens with one attached hydrogen (secondary N) is 1. The fourth-order valence-corrected chi connectivity index (χ4v) is 2.24. The summed E-state index contributed by atoms with van der Waals surface area (Å²) in [4.78, 5) is 1.62. The van der Waals surface area contributed by atoms with Gasteiger partial charge in [0.2, 0.25) is 0 Å². The molecule has 12 heavy (non-hydrogen) atoms. The van der Waals surface area contributed by atoms with Crippen LogP contribution in [0.5, 0.6) is 0 Å². The molecule has 1 aliphatic heterocycles. The second kappa shape index (κ2) is 3.42. The molecule has 2 heterocycles. The summed E-state index contributed by atoms with van der Waals surface area (Å²) >= 11 is 1.79. The highest BCUT2D eigenvalue weighted by Gasteiger charge is 2.11. The van der Waals surface area contributed by atoms with E-state index in [-0.39, 0.29) is 0 Å². The van der Waals surface area contributed by atoms with Crippen LogP contribution in [0.15, 0.2) is 22.9 Å². The van der Waals surface area contributed by atoms with Gasteiger partial charge in [-0.1, -0.05) is 0 Å². The molecule has 0 saturated heterocycles. The molecular formula is C10H14NS+. The number of quaternary nitrogens is 1. The van der Waals surface area contributed by atoms with Crippen molar-refractivity contribution in [1.29, 1.82) is 0 Å². The highest BCUT2D eigenvalue weighted by molar-refractivity contribution is 7.08. The van der Waals surface area contributed by atoms with Gasteiger partial charge in [-0.3, -0.25) is 0 Å². The molecule has 0 amide bonds. The molecule has 1 aliphatic rings. The van der Waals surface area contributed by atoms with E-state index in [0.29, 0.717) is 0 Å². The minimum absolute atomic E-state index is 1.19. The van der Waals surface area contributed by atoms with E-state index in [4.69, 9.17) is 0 Å². The maximum atomic E-state index is 2.38. The molecule has 0 saturated carbocycles. The second-order valence-electron chi connectivity index (χ2n) is 3.40. The van der Waals surface area contributed by atoms with Crippen molar-refractivity contribution < 1.29 is 4.90 Å². The number of hydrogen-bond acceptors (Lipinski definition) is 1. The zero-order chi connectivity index (χ0) is 8.39. The summed E-state index contributed by atoms with van der Waals surface area (Å²) < 4.78 is 0. The molecule has 1 atom stereocenters. The highest BCUT2D eigenvalue weighted by atomic mass is 32.1. The molecule has 0 bridgehead atoms. The van der Waals surface area contributed by atoms with E-state index in [0.717, 1.165) is 0 Å². The summed E-state index contributed by atoms with van der Waals surface area (Å²) in [7, 11) is 2.25. The van der Waals surface area contributed by atoms with Gasteiger partial charge in [0, 0.05) is 6.42 Å². The summed E-state index contributed by atoms with van der Waals surface area (Å²) in [5.41, 5.74) is 2.98. The van der Waals surface area contributed by atoms with Gasteiger partial charge in [-0.05, 0) is 34.0 Å². The van der Waals surface area contributed by atoms with Crippen LogP contribution in [0.25, 0.3) is 5.57 Å². The van der Waals surface area contributed by atoms with Crippen LogP contribution < -0.4 is 4.90 Å². The number of thiophene rings is 1. The van der Waals surface area contributed by atoms with E-state index in [1.54, 1.807) is 21.8 Å². The van der Waals surface area contributed by atoms with E-state index in [2.05, 4.69) is 30.0 Å². The molecule has 1 nitrogen and oxygen atoms in total. The van der Waals surface area contributed by atoms with E-state index in [9.17, 15) is 0 Å². The Morgan fingerprint density at radius 2 is 2.42 bits per heavy atom. The quantitative estimate of drug-likeness (QED) is 0.659. The Kier molecular flexibility index (Phi) is 2.28. The molecule has 1 aromatic rings. The third-order valence-corrected chi connectivity index (χ3v) is 3.09. The van der Waals surface area contributed by atoms with Gasteiger partial charge in [0.05, 0.1) is 20.1 Å². The van der Waals surface area contributed by atoms with Crippen LogP contribution in [-0.4, -0.2) is 20.1 Å². The van der Waals surface area contributed by atoms with Gasteiger partial charge < -0.3 is 4.90 Å². The lowest BCUT2D eigenvalue weighted by molar-refractivity contribution is -0.874. The van der Waals surface area contributed by atoms with Gasteiger partial charge >= 0.3 is 0 Å². The summed E-state index contributed by atoms with van der Waals surface area (Å²) in [6, 6.07) is 2.22. The topological polar surface area (TPSA) is 4.44 Å². The standard InChI is InChI=1S/C10H13NS/c1-11-5-2-9(3-6-11)10-4-7-12-8-10/h2,4,7-8H,3,5-6H2,1H3/p+1. The molecule has 1 N–H and O–H groups in total. The molecule has 0 fully saturated rings. The van der Waals surface area contributed by atoms with Crippen molar-refractivity contribution in [1.82, 2.24) is 0 Å². The van der Waals surface area contributed by atoms with Crippen LogP contribution in [-0.2, 0) is 0 Å². The van der Waals surface area contributed by atoms with Crippen LogP contribution in [0.3, 0.4) is 0 Å². The molecule has 0 spiro atoms. The first-order chi connectivity index (χ1) is 5.86. The van der Waals surface area contributed by atoms with Crippen molar-refractivity contribution in [2.45, 2.75) is 6.42 Å². The Bertz CT molecular complexity index is 274. The van der Waals surface area contributed by atoms with Crippen molar-refractivity contribution in [2.24, 2.45) is 0 Å². The predicted molar refractivity (Wildman–Crippen MR) is 53.5 cm³/mol. The summed E-state index contributed by atoms with van der Waals surface area (Å²) in [5.74, 6) is 0. The van der Waals surface area contributed by atoms with Crippen LogP contribution >= 0.6 is 11.3 Å². The lowest BCUT2D eigenvalue weighted by Crippen LogP contribution is -3.09. The molecule has 64 valence electrons. The number of hydrogen-bond donors (Lipinski definition) is 1. The smallest absolute Gasteiger partial charge is 0.0962 e. The van der Waals surface area contributed by atoms with Crippen molar-refractivity contribution in [3.8, 4) is 0 Å². The largest absolute Gasteiger partial charge is 0.334 e. The average Bonchev–Trinajstić information content (AvgIpc) is 2.58. The Balaban J connectivity index is 2.16. The maximum absolute atomic E-state index is 2.38. The van der Waals surface area contributed by atoms with E-state index in [1.165, 1.54) is 25.1 Å². The van der Waals surface area contributed by atoms with Crippen LogP contribution in [0.2, 0.25) is 0 Å². The maximum Gasteiger partial charge on any atom is 0.0962 e. The zero-order valence-electron chi connectivity index (χ0n) is 7.34. The van der Waals surface area contributed by atoms with Crippen LogP contribution in [0.1, 0.15) is 12.0 Å². The van der Waals surface area contributed by atoms with Crippen molar-refractivity contribution in [3.05, 3.63) is 28.5 Å². The predicted octanol–water partition coefficient (Wildman–Crippen LogP) is 1.05. The Hall–Kier alpha value is -0.600. The zero-order valence-corrected chi connectivity index (χ0v) is 8.16. The lowest BCUT2D eigenvalue weighted by atomic mass is 10.0. The minimum Gasteiger partial charge on any atom is -0.334 e. The minimum atomic E-state index is 1.19. The Morgan fingerprint density at radius 1 is 1.50 bits per heavy atom. The first-order valence-electron chi connectivity index (χ1n) is 4.39. The van der Waals surface area contributed by atoms with Gasteiger partial charge in [0.25, 0.3) is 0 Å². The van der Waals surface area contributed by atoms with Crippen molar-refractivity contribution in [3.63, 3.8) is 0 Å². The van der Waals surface area contributed by atoms with Gasteiger partial charge in [-0.25, -0.2) is 0 Å². The first kappa shape index (κ1) is 8.02. The average molecular weight is 180 g/mol. The molecule has 0 radical (unpaired) electrons. The monoisotopic (exact) mass is 180 g/mol. The fraction of sp³-hybridized carbons (Fsp3) is 0.400. The molecule has 2 rings (SSSR count). The fourth-order valence-electron chi connectivity index (χ4n) is 1.56. The molecule has 0 aliphatic carbocycles. The van der Waals surface area contributed by atoms with E-state index < -0.39 is 0 Å². The van der Waals surface area contributed by atoms with Gasteiger partial charge in [-0.15, -0.1) is 0 Å². The van der Waals surface area contributed by atoms with Crippen molar-refractivity contribution in [2.75, 3.05) is 20.1 Å². The number of likely N-dealkylation sites (N-methyl/N-ethyl adjacent to an activating group) is 1. The van der Waals surface area contributed by atoms with Gasteiger partial charge in [0.15, 0.2) is 0 Å². The van der Waals surface area contributed by atoms with Crippen molar-refractivity contribution >= 4 is 16.9 Å². The van der Waals surface area contributed by atoms with Crippen LogP contribution in [0.4, 0.5) is 0 Å². The van der Waals surface area contributed by atoms with E-state index >= 15 is 0 Å². The third kappa shape index (κ3) is 1.59. The summed E-state index contributed by atoms with van der Waals surface area (Å²) in [5, 5.41) is 4.40.